The van der Waals surface area contributed by atoms with Crippen molar-refractivity contribution < 1.29 is 13.9 Å². The molecule has 0 bridgehead atoms. The van der Waals surface area contributed by atoms with Gasteiger partial charge < -0.3 is 10.1 Å². The minimum absolute atomic E-state index is 0.183. The molecule has 0 saturated heterocycles. The Bertz CT molecular complexity index is 598. The van der Waals surface area contributed by atoms with Crippen LogP contribution in [0.5, 0.6) is 0 Å². The Kier molecular flexibility index (Phi) is 5.07. The molecule has 20 heavy (non-hydrogen) atoms. The first kappa shape index (κ1) is 14.5. The van der Waals surface area contributed by atoms with Crippen LogP contribution in [0.4, 0.5) is 4.39 Å². The van der Waals surface area contributed by atoms with Crippen molar-refractivity contribution in [2.45, 2.75) is 13.3 Å². The maximum atomic E-state index is 13.7. The van der Waals surface area contributed by atoms with Crippen molar-refractivity contribution in [2.75, 3.05) is 19.8 Å². The van der Waals surface area contributed by atoms with Crippen LogP contribution in [0.15, 0.2) is 36.4 Å². The number of carbonyl (C=O) groups is 1. The van der Waals surface area contributed by atoms with E-state index in [2.05, 4.69) is 5.32 Å². The maximum absolute atomic E-state index is 13.7. The number of carbonyl (C=O) groups excluding carboxylic acids is 1. The van der Waals surface area contributed by atoms with Crippen LogP contribution in [0.1, 0.15) is 23.7 Å². The summed E-state index contributed by atoms with van der Waals surface area (Å²) >= 11 is 0. The van der Waals surface area contributed by atoms with Gasteiger partial charge in [-0.15, -0.1) is 0 Å². The molecular formula is C16H18FNO2. The predicted octanol–water partition coefficient (Wildman–Crippen LogP) is 3.14. The van der Waals surface area contributed by atoms with Crippen LogP contribution in [-0.2, 0) is 4.74 Å². The van der Waals surface area contributed by atoms with Crippen molar-refractivity contribution in [2.24, 2.45) is 0 Å². The molecule has 0 aliphatic rings. The molecule has 0 aliphatic carbocycles. The zero-order chi connectivity index (χ0) is 14.4. The molecule has 2 aromatic rings. The van der Waals surface area contributed by atoms with E-state index in [0.717, 1.165) is 6.42 Å². The minimum Gasteiger partial charge on any atom is -0.382 e. The summed E-state index contributed by atoms with van der Waals surface area (Å²) in [5.41, 5.74) is 0.499. The van der Waals surface area contributed by atoms with E-state index in [0.29, 0.717) is 36.1 Å². The van der Waals surface area contributed by atoms with Gasteiger partial charge in [0.1, 0.15) is 5.82 Å². The summed E-state index contributed by atoms with van der Waals surface area (Å²) in [6.45, 7) is 3.78. The zero-order valence-corrected chi connectivity index (χ0v) is 11.5. The Morgan fingerprint density at radius 2 is 1.95 bits per heavy atom. The highest BCUT2D eigenvalue weighted by atomic mass is 19.1. The lowest BCUT2D eigenvalue weighted by Gasteiger charge is -2.08. The monoisotopic (exact) mass is 275 g/mol. The van der Waals surface area contributed by atoms with Gasteiger partial charge in [-0.3, -0.25) is 4.79 Å². The van der Waals surface area contributed by atoms with Crippen LogP contribution in [0.3, 0.4) is 0 Å². The number of benzene rings is 2. The average molecular weight is 275 g/mol. The van der Waals surface area contributed by atoms with Gasteiger partial charge in [0.15, 0.2) is 0 Å². The van der Waals surface area contributed by atoms with E-state index in [1.807, 2.05) is 6.92 Å². The Morgan fingerprint density at radius 3 is 2.70 bits per heavy atom. The number of fused-ring (bicyclic) bond motifs is 1. The molecule has 1 N–H and O–H groups in total. The van der Waals surface area contributed by atoms with Crippen LogP contribution < -0.4 is 5.32 Å². The Morgan fingerprint density at radius 1 is 1.20 bits per heavy atom. The van der Waals surface area contributed by atoms with Crippen LogP contribution in [0.25, 0.3) is 10.8 Å². The van der Waals surface area contributed by atoms with Gasteiger partial charge in [0, 0.05) is 30.7 Å². The lowest BCUT2D eigenvalue weighted by molar-refractivity contribution is 0.0946. The molecule has 3 nitrogen and oxygen atoms in total. The van der Waals surface area contributed by atoms with E-state index < -0.39 is 0 Å². The number of hydrogen-bond donors (Lipinski definition) is 1. The molecule has 2 rings (SSSR count). The molecule has 0 saturated carbocycles. The molecular weight excluding hydrogens is 257 g/mol. The van der Waals surface area contributed by atoms with E-state index >= 15 is 0 Å². The topological polar surface area (TPSA) is 38.3 Å². The zero-order valence-electron chi connectivity index (χ0n) is 11.5. The second-order valence-corrected chi connectivity index (χ2v) is 4.45. The highest BCUT2D eigenvalue weighted by Crippen LogP contribution is 2.21. The fourth-order valence-electron chi connectivity index (χ4n) is 2.08. The van der Waals surface area contributed by atoms with Crippen molar-refractivity contribution in [1.29, 1.82) is 0 Å². The van der Waals surface area contributed by atoms with Crippen LogP contribution in [0, 0.1) is 5.82 Å². The van der Waals surface area contributed by atoms with E-state index in [4.69, 9.17) is 4.74 Å². The Balaban J connectivity index is 2.09. The van der Waals surface area contributed by atoms with Gasteiger partial charge in [-0.2, -0.15) is 0 Å². The summed E-state index contributed by atoms with van der Waals surface area (Å²) in [7, 11) is 0. The molecule has 0 fully saturated rings. The fraction of sp³-hybridized carbons (Fsp3) is 0.312. The number of nitrogens with one attached hydrogen (secondary N) is 1. The summed E-state index contributed by atoms with van der Waals surface area (Å²) in [6, 6.07) is 9.85. The van der Waals surface area contributed by atoms with Gasteiger partial charge in [-0.1, -0.05) is 24.3 Å². The van der Waals surface area contributed by atoms with Crippen molar-refractivity contribution >= 4 is 16.7 Å². The third kappa shape index (κ3) is 3.33. The van der Waals surface area contributed by atoms with E-state index in [1.165, 1.54) is 12.1 Å². The fourth-order valence-corrected chi connectivity index (χ4v) is 2.08. The normalized spacial score (nSPS) is 10.7. The Labute approximate surface area is 117 Å². The summed E-state index contributed by atoms with van der Waals surface area (Å²) in [4.78, 5) is 12.1. The molecule has 0 radical (unpaired) electrons. The molecule has 0 aliphatic heterocycles. The first-order valence-electron chi connectivity index (χ1n) is 6.77. The first-order valence-corrected chi connectivity index (χ1v) is 6.77. The highest BCUT2D eigenvalue weighted by molar-refractivity contribution is 6.07. The number of hydrogen-bond acceptors (Lipinski definition) is 2. The molecule has 0 atom stereocenters. The highest BCUT2D eigenvalue weighted by Gasteiger charge is 2.11. The van der Waals surface area contributed by atoms with Crippen LogP contribution >= 0.6 is 0 Å². The summed E-state index contributed by atoms with van der Waals surface area (Å²) in [6.07, 6.45) is 0.763. The Hall–Kier alpha value is -1.94. The molecule has 1 amide bonds. The maximum Gasteiger partial charge on any atom is 0.251 e. The lowest BCUT2D eigenvalue weighted by Crippen LogP contribution is -2.25. The molecule has 2 aromatic carbocycles. The number of ether oxygens (including phenoxy) is 1. The number of halogens is 1. The smallest absolute Gasteiger partial charge is 0.251 e. The van der Waals surface area contributed by atoms with E-state index in [-0.39, 0.29) is 11.7 Å². The number of rotatable bonds is 6. The van der Waals surface area contributed by atoms with Crippen LogP contribution in [0.2, 0.25) is 0 Å². The standard InChI is InChI=1S/C16H18FNO2/c1-2-20-11-5-10-18-16(19)14-8-9-15(17)13-7-4-3-6-12(13)14/h3-4,6-9H,2,5,10-11H2,1H3,(H,18,19). The average Bonchev–Trinajstić information content (AvgIpc) is 2.47. The predicted molar refractivity (Wildman–Crippen MR) is 77.3 cm³/mol. The SMILES string of the molecule is CCOCCCNC(=O)c1ccc(F)c2ccccc12. The van der Waals surface area contributed by atoms with Crippen molar-refractivity contribution in [3.05, 3.63) is 47.8 Å². The lowest BCUT2D eigenvalue weighted by atomic mass is 10.0. The molecule has 0 heterocycles. The van der Waals surface area contributed by atoms with Gasteiger partial charge in [0.05, 0.1) is 0 Å². The molecule has 0 unspecified atom stereocenters. The quantitative estimate of drug-likeness (QED) is 0.822. The molecule has 106 valence electrons. The van der Waals surface area contributed by atoms with Crippen LogP contribution in [-0.4, -0.2) is 25.7 Å². The minimum atomic E-state index is -0.312. The van der Waals surface area contributed by atoms with Crippen molar-refractivity contribution in [1.82, 2.24) is 5.32 Å². The molecule has 0 aromatic heterocycles. The summed E-state index contributed by atoms with van der Waals surface area (Å²) in [5, 5.41) is 3.93. The van der Waals surface area contributed by atoms with Gasteiger partial charge in [-0.05, 0) is 30.9 Å². The second kappa shape index (κ2) is 7.01. The first-order chi connectivity index (χ1) is 9.74. The summed E-state index contributed by atoms with van der Waals surface area (Å²) in [5.74, 6) is -0.494. The summed E-state index contributed by atoms with van der Waals surface area (Å²) < 4.78 is 18.9. The van der Waals surface area contributed by atoms with E-state index in [1.54, 1.807) is 24.3 Å². The largest absolute Gasteiger partial charge is 0.382 e. The molecule has 0 spiro atoms. The third-order valence-corrected chi connectivity index (χ3v) is 3.07. The molecule has 4 heteroatoms. The second-order valence-electron chi connectivity index (χ2n) is 4.45. The number of amides is 1. The van der Waals surface area contributed by atoms with Gasteiger partial charge in [-0.25, -0.2) is 4.39 Å². The third-order valence-electron chi connectivity index (χ3n) is 3.07. The van der Waals surface area contributed by atoms with Gasteiger partial charge in [0.25, 0.3) is 5.91 Å². The van der Waals surface area contributed by atoms with E-state index in [9.17, 15) is 9.18 Å². The van der Waals surface area contributed by atoms with Gasteiger partial charge >= 0.3 is 0 Å². The van der Waals surface area contributed by atoms with Gasteiger partial charge in [0.2, 0.25) is 0 Å². The van der Waals surface area contributed by atoms with Crippen molar-refractivity contribution in [3.8, 4) is 0 Å². The van der Waals surface area contributed by atoms with Crippen molar-refractivity contribution in [3.63, 3.8) is 0 Å².